The lowest BCUT2D eigenvalue weighted by Crippen LogP contribution is -2.23. The Balaban J connectivity index is 1.63. The summed E-state index contributed by atoms with van der Waals surface area (Å²) >= 11 is 11.9. The summed E-state index contributed by atoms with van der Waals surface area (Å²) in [4.78, 5) is 25.5. The molecule has 0 unspecified atom stereocenters. The summed E-state index contributed by atoms with van der Waals surface area (Å²) in [5.74, 6) is -0.134. The highest BCUT2D eigenvalue weighted by atomic mass is 35.5. The molecule has 6 heteroatoms. The topological polar surface area (TPSA) is 49.4 Å². The molecular formula is C19H16Cl2N2O2. The van der Waals surface area contributed by atoms with Gasteiger partial charge in [-0.25, -0.2) is 0 Å². The number of carbonyl (C=O) groups is 2. The Morgan fingerprint density at radius 1 is 1.12 bits per heavy atom. The van der Waals surface area contributed by atoms with E-state index in [4.69, 9.17) is 23.2 Å². The molecule has 0 bridgehead atoms. The van der Waals surface area contributed by atoms with Crippen LogP contribution in [-0.2, 0) is 9.59 Å². The molecule has 4 nitrogen and oxygen atoms in total. The standard InChI is InChI=1S/C19H16Cl2N2O2/c20-14-6-9-17(16(21)12-14)22-18(24)10-5-13-3-7-15(8-4-13)23-11-1-2-19(23)25/h3-10,12H,1-2,11H2,(H,22,24)/b10-5+. The molecule has 1 aliphatic heterocycles. The Morgan fingerprint density at radius 2 is 1.88 bits per heavy atom. The van der Waals surface area contributed by atoms with Gasteiger partial charge in [0.2, 0.25) is 11.8 Å². The average Bonchev–Trinajstić information content (AvgIpc) is 3.02. The summed E-state index contributed by atoms with van der Waals surface area (Å²) < 4.78 is 0. The molecule has 1 aliphatic rings. The van der Waals surface area contributed by atoms with Gasteiger partial charge in [-0.05, 0) is 48.4 Å². The highest BCUT2D eigenvalue weighted by Crippen LogP contribution is 2.25. The van der Waals surface area contributed by atoms with E-state index in [0.29, 0.717) is 22.2 Å². The van der Waals surface area contributed by atoms with Crippen LogP contribution in [0.1, 0.15) is 18.4 Å². The molecule has 2 aromatic rings. The van der Waals surface area contributed by atoms with Crippen LogP contribution in [-0.4, -0.2) is 18.4 Å². The number of amides is 2. The number of nitrogens with zero attached hydrogens (tertiary/aromatic N) is 1. The third-order valence-electron chi connectivity index (χ3n) is 3.89. The number of carbonyl (C=O) groups excluding carboxylic acids is 2. The summed E-state index contributed by atoms with van der Waals surface area (Å²) in [6.45, 7) is 0.762. The fourth-order valence-corrected chi connectivity index (χ4v) is 3.08. The van der Waals surface area contributed by atoms with Crippen molar-refractivity contribution in [3.63, 3.8) is 0 Å². The van der Waals surface area contributed by atoms with Gasteiger partial charge < -0.3 is 10.2 Å². The second-order valence-corrected chi connectivity index (χ2v) is 6.53. The van der Waals surface area contributed by atoms with Crippen LogP contribution < -0.4 is 10.2 Å². The van der Waals surface area contributed by atoms with Crippen molar-refractivity contribution in [2.45, 2.75) is 12.8 Å². The first-order valence-electron chi connectivity index (χ1n) is 7.87. The lowest BCUT2D eigenvalue weighted by molar-refractivity contribution is -0.117. The summed E-state index contributed by atoms with van der Waals surface area (Å²) in [7, 11) is 0. The zero-order valence-electron chi connectivity index (χ0n) is 13.3. The molecular weight excluding hydrogens is 359 g/mol. The molecule has 1 saturated heterocycles. The van der Waals surface area contributed by atoms with Crippen molar-refractivity contribution in [1.29, 1.82) is 0 Å². The molecule has 128 valence electrons. The third-order valence-corrected chi connectivity index (χ3v) is 4.44. The highest BCUT2D eigenvalue weighted by molar-refractivity contribution is 6.36. The van der Waals surface area contributed by atoms with Gasteiger partial charge in [-0.15, -0.1) is 0 Å². The minimum absolute atomic E-state index is 0.155. The molecule has 1 fully saturated rings. The first-order chi connectivity index (χ1) is 12.0. The van der Waals surface area contributed by atoms with Gasteiger partial charge in [0.25, 0.3) is 0 Å². The number of anilines is 2. The average molecular weight is 375 g/mol. The first-order valence-corrected chi connectivity index (χ1v) is 8.63. The van der Waals surface area contributed by atoms with E-state index in [2.05, 4.69) is 5.32 Å². The lowest BCUT2D eigenvalue weighted by atomic mass is 10.2. The van der Waals surface area contributed by atoms with Gasteiger partial charge in [0.1, 0.15) is 0 Å². The largest absolute Gasteiger partial charge is 0.321 e. The van der Waals surface area contributed by atoms with Gasteiger partial charge in [0.15, 0.2) is 0 Å². The molecule has 0 aromatic heterocycles. The number of hydrogen-bond donors (Lipinski definition) is 1. The fraction of sp³-hybridized carbons (Fsp3) is 0.158. The Hall–Kier alpha value is -2.30. The van der Waals surface area contributed by atoms with Crippen LogP contribution in [0.15, 0.2) is 48.5 Å². The van der Waals surface area contributed by atoms with Crippen LogP contribution in [0.4, 0.5) is 11.4 Å². The number of rotatable bonds is 4. The maximum absolute atomic E-state index is 12.0. The smallest absolute Gasteiger partial charge is 0.248 e. The van der Waals surface area contributed by atoms with E-state index in [-0.39, 0.29) is 11.8 Å². The Bertz CT molecular complexity index is 832. The first kappa shape index (κ1) is 17.5. The molecule has 1 N–H and O–H groups in total. The van der Waals surface area contributed by atoms with Crippen molar-refractivity contribution in [3.05, 3.63) is 64.1 Å². The second-order valence-electron chi connectivity index (χ2n) is 5.69. The Labute approximate surface area is 156 Å². The predicted molar refractivity (Wildman–Crippen MR) is 102 cm³/mol. The summed E-state index contributed by atoms with van der Waals surface area (Å²) in [6, 6.07) is 12.4. The number of nitrogens with one attached hydrogen (secondary N) is 1. The van der Waals surface area contributed by atoms with E-state index in [1.807, 2.05) is 24.3 Å². The maximum Gasteiger partial charge on any atom is 0.248 e. The second kappa shape index (κ2) is 7.72. The van der Waals surface area contributed by atoms with E-state index < -0.39 is 0 Å². The summed E-state index contributed by atoms with van der Waals surface area (Å²) in [5, 5.41) is 3.59. The Morgan fingerprint density at radius 3 is 2.52 bits per heavy atom. The number of hydrogen-bond acceptors (Lipinski definition) is 2. The van der Waals surface area contributed by atoms with Crippen molar-refractivity contribution < 1.29 is 9.59 Å². The number of benzene rings is 2. The minimum Gasteiger partial charge on any atom is -0.321 e. The van der Waals surface area contributed by atoms with Gasteiger partial charge in [-0.2, -0.15) is 0 Å². The van der Waals surface area contributed by atoms with Crippen LogP contribution in [0.5, 0.6) is 0 Å². The van der Waals surface area contributed by atoms with Gasteiger partial charge in [-0.1, -0.05) is 35.3 Å². The summed E-state index contributed by atoms with van der Waals surface area (Å²) in [5.41, 5.74) is 2.26. The van der Waals surface area contributed by atoms with E-state index in [1.54, 1.807) is 29.2 Å². The molecule has 0 spiro atoms. The molecule has 0 atom stereocenters. The van der Waals surface area contributed by atoms with E-state index in [0.717, 1.165) is 24.2 Å². The molecule has 0 saturated carbocycles. The van der Waals surface area contributed by atoms with E-state index >= 15 is 0 Å². The Kier molecular flexibility index (Phi) is 5.41. The van der Waals surface area contributed by atoms with E-state index in [9.17, 15) is 9.59 Å². The molecule has 1 heterocycles. The van der Waals surface area contributed by atoms with Crippen molar-refractivity contribution in [2.75, 3.05) is 16.8 Å². The SMILES string of the molecule is O=C(/C=C/c1ccc(N2CCCC2=O)cc1)Nc1ccc(Cl)cc1Cl. The van der Waals surface area contributed by atoms with Crippen molar-refractivity contribution >= 4 is 52.5 Å². The van der Waals surface area contributed by atoms with Crippen molar-refractivity contribution in [2.24, 2.45) is 0 Å². The monoisotopic (exact) mass is 374 g/mol. The van der Waals surface area contributed by atoms with E-state index in [1.165, 1.54) is 6.08 Å². The molecule has 2 aromatic carbocycles. The zero-order valence-corrected chi connectivity index (χ0v) is 14.8. The number of halogens is 2. The molecule has 0 radical (unpaired) electrons. The maximum atomic E-state index is 12.0. The predicted octanol–water partition coefficient (Wildman–Crippen LogP) is 4.77. The van der Waals surface area contributed by atoms with Gasteiger partial charge in [-0.3, -0.25) is 9.59 Å². The van der Waals surface area contributed by atoms with Gasteiger partial charge >= 0.3 is 0 Å². The molecule has 25 heavy (non-hydrogen) atoms. The quantitative estimate of drug-likeness (QED) is 0.783. The summed E-state index contributed by atoms with van der Waals surface area (Å²) in [6.07, 6.45) is 4.64. The third kappa shape index (κ3) is 4.41. The van der Waals surface area contributed by atoms with Crippen LogP contribution in [0, 0.1) is 0 Å². The van der Waals surface area contributed by atoms with Crippen LogP contribution in [0.2, 0.25) is 10.0 Å². The van der Waals surface area contributed by atoms with Crippen LogP contribution in [0.25, 0.3) is 6.08 Å². The normalized spacial score (nSPS) is 14.3. The molecule has 3 rings (SSSR count). The van der Waals surface area contributed by atoms with Gasteiger partial charge in [0.05, 0.1) is 10.7 Å². The van der Waals surface area contributed by atoms with Gasteiger partial charge in [0, 0.05) is 29.8 Å². The van der Waals surface area contributed by atoms with Crippen molar-refractivity contribution in [1.82, 2.24) is 0 Å². The lowest BCUT2D eigenvalue weighted by Gasteiger charge is -2.15. The van der Waals surface area contributed by atoms with Crippen molar-refractivity contribution in [3.8, 4) is 0 Å². The van der Waals surface area contributed by atoms with Crippen LogP contribution >= 0.6 is 23.2 Å². The van der Waals surface area contributed by atoms with Crippen LogP contribution in [0.3, 0.4) is 0 Å². The minimum atomic E-state index is -0.289. The molecule has 2 amide bonds. The highest BCUT2D eigenvalue weighted by Gasteiger charge is 2.21. The molecule has 0 aliphatic carbocycles. The fourth-order valence-electron chi connectivity index (χ4n) is 2.62. The zero-order chi connectivity index (χ0) is 17.8.